The first-order valence-corrected chi connectivity index (χ1v) is 6.78. The highest BCUT2D eigenvalue weighted by Gasteiger charge is 2.19. The molecule has 3 rings (SSSR count). The van der Waals surface area contributed by atoms with Crippen molar-refractivity contribution in [3.05, 3.63) is 24.0 Å². The second-order valence-corrected chi connectivity index (χ2v) is 5.13. The van der Waals surface area contributed by atoms with E-state index in [9.17, 15) is 4.79 Å². The SMILES string of the molecule is NC(=O)c1cnc2[nH]ccc2c1NC1CCCCC1. The molecular weight excluding hydrogens is 240 g/mol. The van der Waals surface area contributed by atoms with Gasteiger partial charge in [-0.2, -0.15) is 0 Å². The van der Waals surface area contributed by atoms with Crippen molar-refractivity contribution in [2.24, 2.45) is 5.73 Å². The monoisotopic (exact) mass is 258 g/mol. The van der Waals surface area contributed by atoms with Crippen LogP contribution >= 0.6 is 0 Å². The zero-order valence-electron chi connectivity index (χ0n) is 10.8. The number of aromatic nitrogens is 2. The number of primary amides is 1. The number of fused-ring (bicyclic) bond motifs is 1. The van der Waals surface area contributed by atoms with Gasteiger partial charge in [-0.1, -0.05) is 19.3 Å². The van der Waals surface area contributed by atoms with E-state index >= 15 is 0 Å². The van der Waals surface area contributed by atoms with Gasteiger partial charge in [0.2, 0.25) is 0 Å². The molecule has 0 spiro atoms. The zero-order valence-corrected chi connectivity index (χ0v) is 10.8. The summed E-state index contributed by atoms with van der Waals surface area (Å²) in [7, 11) is 0. The summed E-state index contributed by atoms with van der Waals surface area (Å²) in [6.07, 6.45) is 9.45. The van der Waals surface area contributed by atoms with Crippen LogP contribution < -0.4 is 11.1 Å². The number of hydrogen-bond acceptors (Lipinski definition) is 3. The van der Waals surface area contributed by atoms with Gasteiger partial charge in [0.1, 0.15) is 5.65 Å². The Balaban J connectivity index is 2.00. The minimum Gasteiger partial charge on any atom is -0.381 e. The maximum atomic E-state index is 11.6. The standard InChI is InChI=1S/C14H18N4O/c15-13(19)11-8-17-14-10(6-7-16-14)12(11)18-9-4-2-1-3-5-9/h6-9H,1-5H2,(H2,15,19)(H2,16,17,18). The summed E-state index contributed by atoms with van der Waals surface area (Å²) in [5, 5.41) is 4.43. The molecule has 1 aliphatic carbocycles. The smallest absolute Gasteiger partial charge is 0.252 e. The third kappa shape index (κ3) is 2.28. The van der Waals surface area contributed by atoms with Gasteiger partial charge in [-0.15, -0.1) is 0 Å². The Kier molecular flexibility index (Phi) is 3.11. The first-order valence-electron chi connectivity index (χ1n) is 6.78. The molecule has 2 aromatic heterocycles. The molecule has 2 heterocycles. The first-order chi connectivity index (χ1) is 9.25. The Labute approximate surface area is 111 Å². The fraction of sp³-hybridized carbons (Fsp3) is 0.429. The lowest BCUT2D eigenvalue weighted by molar-refractivity contribution is 0.100. The van der Waals surface area contributed by atoms with E-state index in [4.69, 9.17) is 5.73 Å². The summed E-state index contributed by atoms with van der Waals surface area (Å²) in [6, 6.07) is 2.35. The van der Waals surface area contributed by atoms with Crippen molar-refractivity contribution in [3.8, 4) is 0 Å². The third-order valence-corrected chi connectivity index (χ3v) is 3.81. The minimum atomic E-state index is -0.436. The highest BCUT2D eigenvalue weighted by atomic mass is 16.1. The number of carbonyl (C=O) groups excluding carboxylic acids is 1. The van der Waals surface area contributed by atoms with E-state index in [2.05, 4.69) is 15.3 Å². The molecule has 5 nitrogen and oxygen atoms in total. The van der Waals surface area contributed by atoms with E-state index in [0.717, 1.165) is 29.6 Å². The van der Waals surface area contributed by atoms with E-state index in [1.807, 2.05) is 12.3 Å². The maximum absolute atomic E-state index is 11.6. The van der Waals surface area contributed by atoms with Crippen molar-refractivity contribution >= 4 is 22.6 Å². The van der Waals surface area contributed by atoms with Crippen LogP contribution in [0.3, 0.4) is 0 Å². The van der Waals surface area contributed by atoms with Gasteiger partial charge in [0.05, 0.1) is 11.3 Å². The lowest BCUT2D eigenvalue weighted by Gasteiger charge is -2.25. The molecule has 4 N–H and O–H groups in total. The zero-order chi connectivity index (χ0) is 13.2. The quantitative estimate of drug-likeness (QED) is 0.790. The number of aromatic amines is 1. The van der Waals surface area contributed by atoms with Crippen molar-refractivity contribution in [1.29, 1.82) is 0 Å². The van der Waals surface area contributed by atoms with Crippen LogP contribution in [0.1, 0.15) is 42.5 Å². The van der Waals surface area contributed by atoms with E-state index in [0.29, 0.717) is 11.6 Å². The van der Waals surface area contributed by atoms with Crippen molar-refractivity contribution in [2.45, 2.75) is 38.1 Å². The van der Waals surface area contributed by atoms with Gasteiger partial charge in [0, 0.05) is 23.8 Å². The Morgan fingerprint density at radius 3 is 2.89 bits per heavy atom. The first kappa shape index (κ1) is 12.0. The van der Waals surface area contributed by atoms with Crippen LogP contribution in [0.2, 0.25) is 0 Å². The lowest BCUT2D eigenvalue weighted by atomic mass is 9.95. The topological polar surface area (TPSA) is 83.8 Å². The molecule has 0 saturated heterocycles. The molecule has 0 aromatic carbocycles. The summed E-state index contributed by atoms with van der Waals surface area (Å²) in [5.41, 5.74) is 7.53. The molecule has 0 unspecified atom stereocenters. The number of anilines is 1. The molecule has 1 amide bonds. The van der Waals surface area contributed by atoms with Gasteiger partial charge < -0.3 is 16.0 Å². The summed E-state index contributed by atoms with van der Waals surface area (Å²) in [4.78, 5) is 18.8. The molecule has 5 heteroatoms. The molecule has 0 aliphatic heterocycles. The van der Waals surface area contributed by atoms with Gasteiger partial charge in [-0.3, -0.25) is 4.79 Å². The van der Waals surface area contributed by atoms with E-state index in [-0.39, 0.29) is 0 Å². The van der Waals surface area contributed by atoms with Gasteiger partial charge in [0.25, 0.3) is 5.91 Å². The molecule has 2 aromatic rings. The normalized spacial score (nSPS) is 16.6. The van der Waals surface area contributed by atoms with Crippen LogP contribution in [0.5, 0.6) is 0 Å². The minimum absolute atomic E-state index is 0.423. The average molecular weight is 258 g/mol. The van der Waals surface area contributed by atoms with Crippen molar-refractivity contribution in [1.82, 2.24) is 9.97 Å². The number of nitrogens with one attached hydrogen (secondary N) is 2. The number of carbonyl (C=O) groups is 1. The number of nitrogens with zero attached hydrogens (tertiary/aromatic N) is 1. The molecule has 0 atom stereocenters. The summed E-state index contributed by atoms with van der Waals surface area (Å²) in [5.74, 6) is -0.436. The third-order valence-electron chi connectivity index (χ3n) is 3.81. The number of nitrogens with two attached hydrogens (primary N) is 1. The fourth-order valence-electron chi connectivity index (χ4n) is 2.80. The molecule has 100 valence electrons. The predicted octanol–water partition coefficient (Wildman–Crippen LogP) is 2.41. The van der Waals surface area contributed by atoms with Crippen LogP contribution in [0.25, 0.3) is 11.0 Å². The second kappa shape index (κ2) is 4.91. The van der Waals surface area contributed by atoms with E-state index in [1.165, 1.54) is 19.3 Å². The van der Waals surface area contributed by atoms with Crippen LogP contribution in [0.4, 0.5) is 5.69 Å². The number of pyridine rings is 1. The van der Waals surface area contributed by atoms with Gasteiger partial charge in [-0.25, -0.2) is 4.98 Å². The highest BCUT2D eigenvalue weighted by Crippen LogP contribution is 2.29. The molecule has 0 radical (unpaired) electrons. The number of H-pyrrole nitrogens is 1. The van der Waals surface area contributed by atoms with E-state index < -0.39 is 5.91 Å². The van der Waals surface area contributed by atoms with Crippen LogP contribution in [0.15, 0.2) is 18.5 Å². The Hall–Kier alpha value is -2.04. The molecular formula is C14H18N4O. The average Bonchev–Trinajstić information content (AvgIpc) is 2.88. The largest absolute Gasteiger partial charge is 0.381 e. The van der Waals surface area contributed by atoms with Crippen LogP contribution in [-0.4, -0.2) is 21.9 Å². The lowest BCUT2D eigenvalue weighted by Crippen LogP contribution is -2.25. The summed E-state index contributed by atoms with van der Waals surface area (Å²) < 4.78 is 0. The predicted molar refractivity (Wildman–Crippen MR) is 75.1 cm³/mol. The number of rotatable bonds is 3. The number of amides is 1. The van der Waals surface area contributed by atoms with Crippen molar-refractivity contribution < 1.29 is 4.79 Å². The van der Waals surface area contributed by atoms with Crippen molar-refractivity contribution in [2.75, 3.05) is 5.32 Å². The molecule has 0 bridgehead atoms. The highest BCUT2D eigenvalue weighted by molar-refractivity contribution is 6.05. The molecule has 1 aliphatic rings. The summed E-state index contributed by atoms with van der Waals surface area (Å²) >= 11 is 0. The van der Waals surface area contributed by atoms with Crippen molar-refractivity contribution in [3.63, 3.8) is 0 Å². The van der Waals surface area contributed by atoms with Gasteiger partial charge in [-0.05, 0) is 18.9 Å². The van der Waals surface area contributed by atoms with Gasteiger partial charge in [0.15, 0.2) is 0 Å². The molecule has 19 heavy (non-hydrogen) atoms. The fourth-order valence-corrected chi connectivity index (χ4v) is 2.80. The Morgan fingerprint density at radius 2 is 2.16 bits per heavy atom. The number of hydrogen-bond donors (Lipinski definition) is 3. The Bertz CT molecular complexity index is 599. The Morgan fingerprint density at radius 1 is 1.37 bits per heavy atom. The van der Waals surface area contributed by atoms with Crippen LogP contribution in [0, 0.1) is 0 Å². The van der Waals surface area contributed by atoms with Crippen LogP contribution in [-0.2, 0) is 0 Å². The molecule has 1 fully saturated rings. The van der Waals surface area contributed by atoms with E-state index in [1.54, 1.807) is 6.20 Å². The second-order valence-electron chi connectivity index (χ2n) is 5.13. The molecule has 1 saturated carbocycles. The van der Waals surface area contributed by atoms with Gasteiger partial charge >= 0.3 is 0 Å². The maximum Gasteiger partial charge on any atom is 0.252 e. The summed E-state index contributed by atoms with van der Waals surface area (Å²) in [6.45, 7) is 0.